The number of aliphatic hydroxyl groups is 10. The minimum absolute atomic E-state index is 0.0364. The number of cyclic esters (lactones) is 1. The number of allylic oxidation sites excluding steroid dienone is 1. The molecule has 6 heterocycles. The Balaban J connectivity index is 0.846. The van der Waals surface area contributed by atoms with E-state index in [0.29, 0.717) is 25.7 Å². The van der Waals surface area contributed by atoms with E-state index in [1.807, 2.05) is 26.8 Å². The Bertz CT molecular complexity index is 2430. The van der Waals surface area contributed by atoms with E-state index < -0.39 is 186 Å². The molecule has 0 radical (unpaired) electrons. The third kappa shape index (κ3) is 10.1. The first-order valence-corrected chi connectivity index (χ1v) is 29.9. The van der Waals surface area contributed by atoms with Crippen LogP contribution in [0.2, 0.25) is 0 Å². The van der Waals surface area contributed by atoms with Crippen LogP contribution in [0.1, 0.15) is 107 Å². The fourth-order valence-corrected chi connectivity index (χ4v) is 17.5. The van der Waals surface area contributed by atoms with Crippen molar-refractivity contribution in [3.05, 3.63) is 11.6 Å². The van der Waals surface area contributed by atoms with Gasteiger partial charge >= 0.3 is 16.4 Å². The molecule has 0 bridgehead atoms. The van der Waals surface area contributed by atoms with Crippen LogP contribution in [0.15, 0.2) is 11.6 Å². The molecule has 4 aliphatic carbocycles. The number of rotatable bonds is 14. The highest BCUT2D eigenvalue weighted by Gasteiger charge is 2.80. The fourth-order valence-electron chi connectivity index (χ4n) is 17.0. The number of carbonyl (C=O) groups excluding carboxylic acids is 1. The van der Waals surface area contributed by atoms with Gasteiger partial charge in [0.25, 0.3) is 0 Å². The van der Waals surface area contributed by atoms with Crippen molar-refractivity contribution in [2.75, 3.05) is 26.9 Å². The molecule has 4 unspecified atom stereocenters. The van der Waals surface area contributed by atoms with Gasteiger partial charge in [-0.15, -0.1) is 0 Å². The lowest BCUT2D eigenvalue weighted by Crippen LogP contribution is -2.67. The predicted octanol–water partition coefficient (Wildman–Crippen LogP) is -1.38. The van der Waals surface area contributed by atoms with Crippen molar-refractivity contribution in [3.8, 4) is 0 Å². The minimum Gasteiger partial charge on any atom is -0.456 e. The van der Waals surface area contributed by atoms with E-state index in [9.17, 15) is 68.8 Å². The number of hydrogen-bond acceptors (Lipinski definition) is 25. The van der Waals surface area contributed by atoms with Gasteiger partial charge in [0, 0.05) is 13.0 Å². The third-order valence-corrected chi connectivity index (χ3v) is 21.7. The Morgan fingerprint density at radius 3 is 1.85 bits per heavy atom. The van der Waals surface area contributed by atoms with Crippen molar-refractivity contribution < 1.29 is 125 Å². The largest absolute Gasteiger partial charge is 0.456 e. The number of esters is 1. The summed E-state index contributed by atoms with van der Waals surface area (Å²) in [6, 6.07) is 0. The first-order valence-electron chi connectivity index (χ1n) is 28.5. The molecule has 81 heavy (non-hydrogen) atoms. The van der Waals surface area contributed by atoms with Gasteiger partial charge in [0.2, 0.25) is 0 Å². The van der Waals surface area contributed by atoms with Gasteiger partial charge in [-0.05, 0) is 107 Å². The second kappa shape index (κ2) is 22.1. The number of aliphatic hydroxyl groups excluding tert-OH is 10. The van der Waals surface area contributed by atoms with E-state index in [2.05, 4.69) is 27.7 Å². The summed E-state index contributed by atoms with van der Waals surface area (Å²) >= 11 is 0. The maximum absolute atomic E-state index is 14.6. The molecule has 10 rings (SSSR count). The molecule has 9 fully saturated rings. The topological polar surface area (TPSA) is 385 Å². The number of hydrogen-bond donors (Lipinski definition) is 11. The normalized spacial score (nSPS) is 53.2. The van der Waals surface area contributed by atoms with E-state index in [0.717, 1.165) is 31.3 Å². The average Bonchev–Trinajstić information content (AvgIpc) is 1.63. The third-order valence-electron chi connectivity index (χ3n) is 21.2. The average molecular weight is 1180 g/mol. The maximum atomic E-state index is 14.6. The molecule has 26 nitrogen and oxygen atoms in total. The van der Waals surface area contributed by atoms with Crippen LogP contribution in [-0.4, -0.2) is 243 Å². The summed E-state index contributed by atoms with van der Waals surface area (Å²) < 4.78 is 105. The SMILES string of the molecule is CO[C@@H]1[C@@H](O)[C@H](O[C@@H]2[C@@H](O)[C@H](O[C@H]3[C@H](O)[C@@H](O)[C@H](O[C@H]4[C@H](O[C@H]5CC[C@]6(C)C7=C[C@H](O)C89C(=O)OC(C)(C%10CCC(C)(C)O%10)C8CC[C@@]9(C)[C@@H]7CC[C@H]6C5(C)C)OC[C@@H](OS(=O)(=O)O)[C@@H]4O)O[C@@H]3C)O[C@H](CO)[C@H]2O)O[C@H](CO)[C@H]1O. The molecule has 10 aliphatic rings. The van der Waals surface area contributed by atoms with E-state index in [4.69, 9.17) is 56.3 Å². The molecule has 464 valence electrons. The van der Waals surface area contributed by atoms with Gasteiger partial charge in [-0.1, -0.05) is 39.3 Å². The predicted molar refractivity (Wildman–Crippen MR) is 272 cm³/mol. The van der Waals surface area contributed by atoms with Crippen LogP contribution in [0.5, 0.6) is 0 Å². The maximum Gasteiger partial charge on any atom is 0.397 e. The minimum atomic E-state index is -5.18. The molecule has 6 saturated heterocycles. The summed E-state index contributed by atoms with van der Waals surface area (Å²) in [4.78, 5) is 14.6. The van der Waals surface area contributed by atoms with Crippen molar-refractivity contribution in [2.24, 2.45) is 39.4 Å². The molecule has 1 spiro atoms. The summed E-state index contributed by atoms with van der Waals surface area (Å²) in [5, 5.41) is 112. The first kappa shape index (κ1) is 62.3. The molecule has 29 atom stereocenters. The highest BCUT2D eigenvalue weighted by molar-refractivity contribution is 7.80. The monoisotopic (exact) mass is 1180 g/mol. The van der Waals surface area contributed by atoms with E-state index in [1.165, 1.54) is 14.0 Å². The summed E-state index contributed by atoms with van der Waals surface area (Å²) in [7, 11) is -3.99. The smallest absolute Gasteiger partial charge is 0.397 e. The van der Waals surface area contributed by atoms with Crippen LogP contribution in [0.4, 0.5) is 0 Å². The highest BCUT2D eigenvalue weighted by Crippen LogP contribution is 2.76. The molecule has 0 aromatic rings. The van der Waals surface area contributed by atoms with Gasteiger partial charge in [0.05, 0.1) is 49.8 Å². The van der Waals surface area contributed by atoms with Crippen molar-refractivity contribution in [1.29, 1.82) is 0 Å². The first-order chi connectivity index (χ1) is 37.8. The Hall–Kier alpha value is -1.72. The van der Waals surface area contributed by atoms with E-state index >= 15 is 0 Å². The second-order valence-electron chi connectivity index (χ2n) is 26.4. The van der Waals surface area contributed by atoms with Crippen LogP contribution in [0.25, 0.3) is 0 Å². The zero-order chi connectivity index (χ0) is 59.1. The molecular weight excluding hydrogens is 1100 g/mol. The Labute approximate surface area is 471 Å². The zero-order valence-corrected chi connectivity index (χ0v) is 48.1. The Kier molecular flexibility index (Phi) is 17.0. The molecule has 3 saturated carbocycles. The number of carbonyl (C=O) groups is 1. The van der Waals surface area contributed by atoms with Gasteiger partial charge in [0.15, 0.2) is 25.2 Å². The molecule has 11 N–H and O–H groups in total. The van der Waals surface area contributed by atoms with Gasteiger partial charge in [-0.25, -0.2) is 4.18 Å². The van der Waals surface area contributed by atoms with Crippen molar-refractivity contribution in [2.45, 2.75) is 253 Å². The van der Waals surface area contributed by atoms with Crippen LogP contribution in [0, 0.1) is 39.4 Å². The standard InChI is InChI=1S/C54H86O26S/c1-22-40(75-46-39(64)42(34(59)26(20-56)73-46)76-45-38(63)41(69-9)33(58)25(19-55)72-45)36(61)37(62)44(71-22)77-43-35(60)27(80-81(66,67)68)21-70-47(43)74-31-14-16-51(6)24-18-30(57)54-29(53(8,79-48(54)65)32-13-15-49(2,3)78-32)12-17-52(54,7)23(24)10-11-28(51)50(31,4)5/h18,22-23,25-47,55-64H,10-17,19-21H2,1-9H3,(H,66,67,68)/t22-,23-,25-,26-,27-,28+,29?,30+,31+,32?,33-,34-,35+,36-,37-,38-,39-,40-,41+,42+,43-,44+,45+,46+,47+,51-,52+,53?,54?/m1/s1. The van der Waals surface area contributed by atoms with Gasteiger partial charge in [-0.3, -0.25) is 9.35 Å². The fraction of sp³-hybridized carbons (Fsp3) is 0.944. The van der Waals surface area contributed by atoms with Crippen molar-refractivity contribution in [3.63, 3.8) is 0 Å². The summed E-state index contributed by atoms with van der Waals surface area (Å²) in [5.74, 6) is -0.716. The molecule has 0 amide bonds. The molecule has 0 aromatic heterocycles. The Morgan fingerprint density at radius 1 is 0.642 bits per heavy atom. The number of methoxy groups -OCH3 is 1. The van der Waals surface area contributed by atoms with Crippen LogP contribution in [0.3, 0.4) is 0 Å². The second-order valence-corrected chi connectivity index (χ2v) is 27.4. The van der Waals surface area contributed by atoms with Gasteiger partial charge in [-0.2, -0.15) is 8.42 Å². The van der Waals surface area contributed by atoms with Crippen molar-refractivity contribution >= 4 is 16.4 Å². The molecule has 27 heteroatoms. The van der Waals surface area contributed by atoms with Crippen LogP contribution >= 0.6 is 0 Å². The van der Waals surface area contributed by atoms with Gasteiger partial charge < -0.3 is 103 Å². The lowest BCUT2D eigenvalue weighted by Gasteiger charge is -2.64. The number of ether oxygens (including phenoxy) is 11. The lowest BCUT2D eigenvalue weighted by molar-refractivity contribution is -0.389. The van der Waals surface area contributed by atoms with Crippen LogP contribution < -0.4 is 0 Å². The van der Waals surface area contributed by atoms with E-state index in [1.54, 1.807) is 0 Å². The summed E-state index contributed by atoms with van der Waals surface area (Å²) in [5.41, 5.74) is -3.05. The summed E-state index contributed by atoms with van der Waals surface area (Å²) in [6.45, 7) is 13.8. The zero-order valence-electron chi connectivity index (χ0n) is 47.2. The Morgan fingerprint density at radius 2 is 1.25 bits per heavy atom. The highest BCUT2D eigenvalue weighted by atomic mass is 32.3. The van der Waals surface area contributed by atoms with Crippen molar-refractivity contribution in [1.82, 2.24) is 0 Å². The quantitative estimate of drug-likeness (QED) is 0.0413. The number of fused-ring (bicyclic) bond motifs is 4. The molecule has 0 aromatic carbocycles. The summed E-state index contributed by atoms with van der Waals surface area (Å²) in [6.07, 6.45) is -26.6. The molecular formula is C54H86O26S. The van der Waals surface area contributed by atoms with E-state index in [-0.39, 0.29) is 35.4 Å². The van der Waals surface area contributed by atoms with Gasteiger partial charge in [0.1, 0.15) is 96.5 Å². The van der Waals surface area contributed by atoms with Crippen LogP contribution in [-0.2, 0) is 71.5 Å². The lowest BCUT2D eigenvalue weighted by atomic mass is 9.40. The molecule has 6 aliphatic heterocycles.